The Morgan fingerprint density at radius 3 is 2.56 bits per heavy atom. The van der Waals surface area contributed by atoms with Gasteiger partial charge in [0, 0.05) is 13.0 Å². The van der Waals surface area contributed by atoms with Gasteiger partial charge in [0.15, 0.2) is 0 Å². The number of hydrogen-bond acceptors (Lipinski definition) is 3. The molecule has 142 valence electrons. The molecule has 2 N–H and O–H groups in total. The van der Waals surface area contributed by atoms with Crippen molar-refractivity contribution < 1.29 is 10.2 Å². The molecule has 3 atom stereocenters. The van der Waals surface area contributed by atoms with Crippen LogP contribution in [0.5, 0.6) is 0 Å². The standard InChI is InChI=1S/C24H29NO2/c1-16(2)20-10-6-9-19-14-22(27)24(23(19)20)25-12-11-17(15-26)13-21(25)18-7-4-3-5-8-18/h3-10,13,16,21-22,24,26-27H,11-12,14-15H2,1-2H3/t21-,22+,24+/m0/s1. The molecule has 1 aliphatic carbocycles. The van der Waals surface area contributed by atoms with Gasteiger partial charge in [-0.3, -0.25) is 4.90 Å². The van der Waals surface area contributed by atoms with E-state index < -0.39 is 6.10 Å². The van der Waals surface area contributed by atoms with Crippen molar-refractivity contribution in [3.05, 3.63) is 82.4 Å². The highest BCUT2D eigenvalue weighted by molar-refractivity contribution is 5.45. The summed E-state index contributed by atoms with van der Waals surface area (Å²) in [7, 11) is 0. The van der Waals surface area contributed by atoms with Gasteiger partial charge >= 0.3 is 0 Å². The number of rotatable bonds is 4. The van der Waals surface area contributed by atoms with E-state index in [1.165, 1.54) is 22.3 Å². The molecule has 0 unspecified atom stereocenters. The van der Waals surface area contributed by atoms with Crippen molar-refractivity contribution in [3.8, 4) is 0 Å². The van der Waals surface area contributed by atoms with Gasteiger partial charge < -0.3 is 10.2 Å². The SMILES string of the molecule is CC(C)c1cccc2c1[C@H](N1CCC(CO)=C[C@H]1c1ccccc1)[C@H](O)C2. The van der Waals surface area contributed by atoms with Crippen molar-refractivity contribution in [2.45, 2.75) is 50.8 Å². The highest BCUT2D eigenvalue weighted by Gasteiger charge is 2.41. The van der Waals surface area contributed by atoms with Gasteiger partial charge in [-0.2, -0.15) is 0 Å². The summed E-state index contributed by atoms with van der Waals surface area (Å²) in [6.45, 7) is 5.41. The average Bonchev–Trinajstić information content (AvgIpc) is 3.03. The van der Waals surface area contributed by atoms with E-state index in [1.54, 1.807) is 0 Å². The Morgan fingerprint density at radius 2 is 1.85 bits per heavy atom. The lowest BCUT2D eigenvalue weighted by molar-refractivity contribution is 0.0400. The highest BCUT2D eigenvalue weighted by atomic mass is 16.3. The summed E-state index contributed by atoms with van der Waals surface area (Å²) < 4.78 is 0. The van der Waals surface area contributed by atoms with Gasteiger partial charge in [0.2, 0.25) is 0 Å². The minimum Gasteiger partial charge on any atom is -0.392 e. The normalized spacial score (nSPS) is 25.5. The van der Waals surface area contributed by atoms with Crippen molar-refractivity contribution >= 4 is 0 Å². The van der Waals surface area contributed by atoms with Crippen LogP contribution in [0.2, 0.25) is 0 Å². The first kappa shape index (κ1) is 18.4. The molecule has 0 fully saturated rings. The average molecular weight is 364 g/mol. The van der Waals surface area contributed by atoms with Crippen molar-refractivity contribution in [1.82, 2.24) is 4.90 Å². The van der Waals surface area contributed by atoms with Crippen molar-refractivity contribution in [2.24, 2.45) is 0 Å². The first-order chi connectivity index (χ1) is 13.1. The quantitative estimate of drug-likeness (QED) is 0.803. The molecule has 0 amide bonds. The molecule has 3 heteroatoms. The maximum atomic E-state index is 11.0. The van der Waals surface area contributed by atoms with Crippen LogP contribution in [0.1, 0.15) is 60.5 Å². The van der Waals surface area contributed by atoms with Gasteiger partial charge in [-0.25, -0.2) is 0 Å². The Kier molecular flexibility index (Phi) is 5.18. The second kappa shape index (κ2) is 7.59. The Hall–Kier alpha value is -1.94. The second-order valence-electron chi connectivity index (χ2n) is 8.12. The van der Waals surface area contributed by atoms with E-state index in [1.807, 2.05) is 6.07 Å². The van der Waals surface area contributed by atoms with E-state index >= 15 is 0 Å². The van der Waals surface area contributed by atoms with Gasteiger partial charge in [-0.05, 0) is 40.2 Å². The number of hydrogen-bond donors (Lipinski definition) is 2. The maximum absolute atomic E-state index is 11.0. The van der Waals surface area contributed by atoms with Crippen LogP contribution in [0.4, 0.5) is 0 Å². The molecule has 27 heavy (non-hydrogen) atoms. The van der Waals surface area contributed by atoms with Crippen LogP contribution >= 0.6 is 0 Å². The minimum atomic E-state index is -0.393. The molecular weight excluding hydrogens is 334 g/mol. The zero-order valence-corrected chi connectivity index (χ0v) is 16.2. The number of aliphatic hydroxyl groups excluding tert-OH is 2. The number of benzene rings is 2. The molecule has 0 spiro atoms. The lowest BCUT2D eigenvalue weighted by atomic mass is 9.89. The third-order valence-corrected chi connectivity index (χ3v) is 6.08. The molecule has 0 saturated heterocycles. The topological polar surface area (TPSA) is 43.7 Å². The number of fused-ring (bicyclic) bond motifs is 1. The monoisotopic (exact) mass is 363 g/mol. The summed E-state index contributed by atoms with van der Waals surface area (Å²) >= 11 is 0. The smallest absolute Gasteiger partial charge is 0.0777 e. The number of nitrogens with zero attached hydrogens (tertiary/aromatic N) is 1. The zero-order chi connectivity index (χ0) is 19.0. The van der Waals surface area contributed by atoms with Gasteiger partial charge in [-0.1, -0.05) is 68.5 Å². The van der Waals surface area contributed by atoms with Crippen molar-refractivity contribution in [3.63, 3.8) is 0 Å². The zero-order valence-electron chi connectivity index (χ0n) is 16.2. The molecule has 4 rings (SSSR count). The molecule has 2 aromatic carbocycles. The fourth-order valence-electron chi connectivity index (χ4n) is 4.79. The minimum absolute atomic E-state index is 0.000277. The van der Waals surface area contributed by atoms with E-state index in [0.29, 0.717) is 5.92 Å². The molecule has 1 heterocycles. The molecule has 0 saturated carbocycles. The first-order valence-corrected chi connectivity index (χ1v) is 10.0. The van der Waals surface area contributed by atoms with Gasteiger partial charge in [0.1, 0.15) is 0 Å². The number of aliphatic hydroxyl groups is 2. The Morgan fingerprint density at radius 1 is 1.07 bits per heavy atom. The van der Waals surface area contributed by atoms with Crippen LogP contribution in [-0.2, 0) is 6.42 Å². The molecule has 0 aromatic heterocycles. The fraction of sp³-hybridized carbons (Fsp3) is 0.417. The lowest BCUT2D eigenvalue weighted by Gasteiger charge is -2.41. The summed E-state index contributed by atoms with van der Waals surface area (Å²) in [5.41, 5.74) is 6.25. The highest BCUT2D eigenvalue weighted by Crippen LogP contribution is 2.45. The predicted octanol–water partition coefficient (Wildman–Crippen LogP) is 4.13. The van der Waals surface area contributed by atoms with E-state index in [4.69, 9.17) is 0 Å². The van der Waals surface area contributed by atoms with Gasteiger partial charge in [-0.15, -0.1) is 0 Å². The summed E-state index contributed by atoms with van der Waals surface area (Å²) in [5.74, 6) is 0.427. The molecule has 2 aliphatic rings. The Bertz CT molecular complexity index is 828. The fourth-order valence-corrected chi connectivity index (χ4v) is 4.79. The van der Waals surface area contributed by atoms with Crippen LogP contribution < -0.4 is 0 Å². The molecular formula is C24H29NO2. The Balaban J connectivity index is 1.80. The third-order valence-electron chi connectivity index (χ3n) is 6.08. The third kappa shape index (κ3) is 3.36. The van der Waals surface area contributed by atoms with Crippen LogP contribution in [0.3, 0.4) is 0 Å². The van der Waals surface area contributed by atoms with E-state index in [0.717, 1.165) is 25.0 Å². The molecule has 3 nitrogen and oxygen atoms in total. The van der Waals surface area contributed by atoms with Crippen molar-refractivity contribution in [1.29, 1.82) is 0 Å². The second-order valence-corrected chi connectivity index (χ2v) is 8.12. The van der Waals surface area contributed by atoms with E-state index in [-0.39, 0.29) is 18.7 Å². The molecule has 0 radical (unpaired) electrons. The first-order valence-electron chi connectivity index (χ1n) is 10.0. The van der Waals surface area contributed by atoms with Crippen LogP contribution in [-0.4, -0.2) is 34.4 Å². The van der Waals surface area contributed by atoms with Gasteiger partial charge in [0.05, 0.1) is 24.8 Å². The lowest BCUT2D eigenvalue weighted by Crippen LogP contribution is -2.40. The van der Waals surface area contributed by atoms with E-state index in [2.05, 4.69) is 67.3 Å². The maximum Gasteiger partial charge on any atom is 0.0777 e. The molecule has 2 aromatic rings. The summed E-state index contributed by atoms with van der Waals surface area (Å²) in [6.07, 6.45) is 3.37. The Labute approximate surface area is 162 Å². The molecule has 0 bridgehead atoms. The summed E-state index contributed by atoms with van der Waals surface area (Å²) in [4.78, 5) is 2.44. The molecule has 1 aliphatic heterocycles. The predicted molar refractivity (Wildman–Crippen MR) is 109 cm³/mol. The van der Waals surface area contributed by atoms with E-state index in [9.17, 15) is 10.2 Å². The van der Waals surface area contributed by atoms with Crippen LogP contribution in [0.25, 0.3) is 0 Å². The summed E-state index contributed by atoms with van der Waals surface area (Å²) in [5, 5.41) is 20.7. The summed E-state index contributed by atoms with van der Waals surface area (Å²) in [6, 6.07) is 17.0. The van der Waals surface area contributed by atoms with Gasteiger partial charge in [0.25, 0.3) is 0 Å². The largest absolute Gasteiger partial charge is 0.392 e. The van der Waals surface area contributed by atoms with Crippen LogP contribution in [0.15, 0.2) is 60.2 Å². The van der Waals surface area contributed by atoms with Crippen LogP contribution in [0, 0.1) is 0 Å². The van der Waals surface area contributed by atoms with Crippen molar-refractivity contribution in [2.75, 3.05) is 13.2 Å².